The first-order valence-electron chi connectivity index (χ1n) is 9.29. The van der Waals surface area contributed by atoms with E-state index in [0.717, 1.165) is 40.2 Å². The Kier molecular flexibility index (Phi) is 5.45. The normalized spacial score (nSPS) is 10.9. The topological polar surface area (TPSA) is 27.1 Å². The summed E-state index contributed by atoms with van der Waals surface area (Å²) in [4.78, 5) is 4.84. The van der Waals surface area contributed by atoms with Gasteiger partial charge >= 0.3 is 0 Å². The molecule has 1 aromatic heterocycles. The molecule has 28 heavy (non-hydrogen) atoms. The molecular formula is C24H21ClN2O. The number of hydrogen-bond acceptors (Lipinski definition) is 2. The van der Waals surface area contributed by atoms with Gasteiger partial charge in [0.25, 0.3) is 0 Å². The quantitative estimate of drug-likeness (QED) is 0.354. The number of fused-ring (bicyclic) bond motifs is 1. The van der Waals surface area contributed by atoms with Crippen LogP contribution >= 0.6 is 11.6 Å². The molecule has 0 fully saturated rings. The fourth-order valence-electron chi connectivity index (χ4n) is 3.34. The van der Waals surface area contributed by atoms with E-state index in [2.05, 4.69) is 23.3 Å². The minimum atomic E-state index is 0.551. The Bertz CT molecular complexity index is 1100. The third-order valence-electron chi connectivity index (χ3n) is 4.67. The highest BCUT2D eigenvalue weighted by atomic mass is 35.5. The Balaban J connectivity index is 1.62. The van der Waals surface area contributed by atoms with Crippen molar-refractivity contribution in [2.75, 3.05) is 6.61 Å². The molecule has 0 aliphatic carbocycles. The summed E-state index contributed by atoms with van der Waals surface area (Å²) in [6.07, 6.45) is 2.68. The van der Waals surface area contributed by atoms with Crippen LogP contribution in [0.3, 0.4) is 0 Å². The maximum absolute atomic E-state index is 6.10. The summed E-state index contributed by atoms with van der Waals surface area (Å²) < 4.78 is 8.31. The number of allylic oxidation sites excluding steroid dienone is 1. The molecule has 0 aliphatic rings. The van der Waals surface area contributed by atoms with Gasteiger partial charge < -0.3 is 9.30 Å². The van der Waals surface area contributed by atoms with E-state index in [1.165, 1.54) is 0 Å². The molecule has 1 heterocycles. The van der Waals surface area contributed by atoms with Crippen LogP contribution in [-0.4, -0.2) is 16.2 Å². The smallest absolute Gasteiger partial charge is 0.141 e. The number of hydrogen-bond donors (Lipinski definition) is 0. The second kappa shape index (κ2) is 8.32. The second-order valence-electron chi connectivity index (χ2n) is 6.53. The number of ether oxygens (including phenoxy) is 1. The lowest BCUT2D eigenvalue weighted by molar-refractivity contribution is 0.298. The number of nitrogens with zero attached hydrogens (tertiary/aromatic N) is 2. The van der Waals surface area contributed by atoms with Crippen molar-refractivity contribution in [2.24, 2.45) is 0 Å². The Morgan fingerprint density at radius 3 is 2.54 bits per heavy atom. The Labute approximate surface area is 169 Å². The summed E-state index contributed by atoms with van der Waals surface area (Å²) in [5.74, 6) is 1.82. The summed E-state index contributed by atoms with van der Waals surface area (Å²) in [5, 5.41) is 0.716. The maximum atomic E-state index is 6.10. The third kappa shape index (κ3) is 3.80. The SMILES string of the molecule is C=CCc1ccccc1OCCn1c(-c2ccc(Cl)cc2)nc2ccccc21. The summed E-state index contributed by atoms with van der Waals surface area (Å²) in [6.45, 7) is 5.07. The predicted octanol–water partition coefficient (Wildman–Crippen LogP) is 6.16. The van der Waals surface area contributed by atoms with Gasteiger partial charge in [0, 0.05) is 10.6 Å². The van der Waals surface area contributed by atoms with E-state index < -0.39 is 0 Å². The molecule has 0 aliphatic heterocycles. The van der Waals surface area contributed by atoms with Gasteiger partial charge in [0.15, 0.2) is 0 Å². The first-order chi connectivity index (χ1) is 13.8. The van der Waals surface area contributed by atoms with E-state index in [9.17, 15) is 0 Å². The third-order valence-corrected chi connectivity index (χ3v) is 4.92. The molecule has 0 spiro atoms. The Morgan fingerprint density at radius 1 is 0.964 bits per heavy atom. The molecule has 0 saturated heterocycles. The molecule has 3 nitrogen and oxygen atoms in total. The fourth-order valence-corrected chi connectivity index (χ4v) is 3.46. The lowest BCUT2D eigenvalue weighted by Crippen LogP contribution is -2.10. The number of para-hydroxylation sites is 3. The van der Waals surface area contributed by atoms with Crippen LogP contribution in [-0.2, 0) is 13.0 Å². The van der Waals surface area contributed by atoms with Gasteiger partial charge in [-0.05, 0) is 54.4 Å². The Morgan fingerprint density at radius 2 is 1.71 bits per heavy atom. The Hall–Kier alpha value is -3.04. The van der Waals surface area contributed by atoms with Crippen LogP contribution in [0, 0.1) is 0 Å². The zero-order valence-corrected chi connectivity index (χ0v) is 16.3. The summed E-state index contributed by atoms with van der Waals surface area (Å²) in [6, 6.07) is 24.0. The standard InChI is InChI=1S/C24H21ClN2O/c1-2-7-18-8-3-6-11-23(18)28-17-16-27-22-10-5-4-9-21(22)26-24(27)19-12-14-20(25)15-13-19/h2-6,8-15H,1,7,16-17H2. The van der Waals surface area contributed by atoms with E-state index in [-0.39, 0.29) is 0 Å². The van der Waals surface area contributed by atoms with Crippen molar-refractivity contribution in [3.8, 4) is 17.1 Å². The van der Waals surface area contributed by atoms with Gasteiger partial charge in [-0.25, -0.2) is 4.98 Å². The van der Waals surface area contributed by atoms with Crippen molar-refractivity contribution in [3.63, 3.8) is 0 Å². The zero-order chi connectivity index (χ0) is 19.3. The molecule has 0 amide bonds. The molecule has 0 unspecified atom stereocenters. The minimum Gasteiger partial charge on any atom is -0.491 e. The van der Waals surface area contributed by atoms with E-state index >= 15 is 0 Å². The number of aromatic nitrogens is 2. The van der Waals surface area contributed by atoms with E-state index in [0.29, 0.717) is 18.2 Å². The molecule has 0 N–H and O–H groups in total. The molecule has 0 radical (unpaired) electrons. The van der Waals surface area contributed by atoms with Gasteiger partial charge in [0.2, 0.25) is 0 Å². The molecule has 4 aromatic rings. The lowest BCUT2D eigenvalue weighted by atomic mass is 10.1. The van der Waals surface area contributed by atoms with E-state index in [1.807, 2.05) is 66.7 Å². The van der Waals surface area contributed by atoms with Crippen molar-refractivity contribution in [1.29, 1.82) is 0 Å². The fraction of sp³-hybridized carbons (Fsp3) is 0.125. The minimum absolute atomic E-state index is 0.551. The zero-order valence-electron chi connectivity index (χ0n) is 15.5. The van der Waals surface area contributed by atoms with Crippen molar-refractivity contribution in [1.82, 2.24) is 9.55 Å². The average molecular weight is 389 g/mol. The van der Waals surface area contributed by atoms with Gasteiger partial charge in [0.1, 0.15) is 18.2 Å². The van der Waals surface area contributed by atoms with Crippen LogP contribution in [0.5, 0.6) is 5.75 Å². The van der Waals surface area contributed by atoms with Crippen LogP contribution in [0.25, 0.3) is 22.4 Å². The highest BCUT2D eigenvalue weighted by Crippen LogP contribution is 2.26. The van der Waals surface area contributed by atoms with Crippen molar-refractivity contribution >= 4 is 22.6 Å². The van der Waals surface area contributed by atoms with Crippen molar-refractivity contribution < 1.29 is 4.74 Å². The maximum Gasteiger partial charge on any atom is 0.141 e. The largest absolute Gasteiger partial charge is 0.491 e. The van der Waals surface area contributed by atoms with E-state index in [4.69, 9.17) is 21.3 Å². The van der Waals surface area contributed by atoms with Crippen molar-refractivity contribution in [2.45, 2.75) is 13.0 Å². The molecule has 0 atom stereocenters. The van der Waals surface area contributed by atoms with Gasteiger partial charge in [-0.15, -0.1) is 6.58 Å². The lowest BCUT2D eigenvalue weighted by Gasteiger charge is -2.13. The number of rotatable bonds is 7. The molecular weight excluding hydrogens is 368 g/mol. The molecule has 140 valence electrons. The molecule has 0 bridgehead atoms. The molecule has 4 rings (SSSR count). The van der Waals surface area contributed by atoms with Crippen LogP contribution in [0.2, 0.25) is 5.02 Å². The number of imidazole rings is 1. The van der Waals surface area contributed by atoms with Crippen LogP contribution in [0.4, 0.5) is 0 Å². The van der Waals surface area contributed by atoms with E-state index in [1.54, 1.807) is 0 Å². The molecule has 4 heteroatoms. The van der Waals surface area contributed by atoms with Gasteiger partial charge in [-0.1, -0.05) is 48.0 Å². The summed E-state index contributed by atoms with van der Waals surface area (Å²) in [7, 11) is 0. The molecule has 0 saturated carbocycles. The van der Waals surface area contributed by atoms with Crippen molar-refractivity contribution in [3.05, 3.63) is 96.0 Å². The first kappa shape index (κ1) is 18.3. The highest BCUT2D eigenvalue weighted by molar-refractivity contribution is 6.30. The second-order valence-corrected chi connectivity index (χ2v) is 6.97. The van der Waals surface area contributed by atoms with Gasteiger partial charge in [0.05, 0.1) is 17.6 Å². The summed E-state index contributed by atoms with van der Waals surface area (Å²) in [5.41, 5.74) is 4.24. The van der Waals surface area contributed by atoms with Gasteiger partial charge in [-0.2, -0.15) is 0 Å². The monoisotopic (exact) mass is 388 g/mol. The highest BCUT2D eigenvalue weighted by Gasteiger charge is 2.12. The average Bonchev–Trinajstić information content (AvgIpc) is 3.09. The number of halogens is 1. The van der Waals surface area contributed by atoms with Crippen LogP contribution < -0.4 is 4.74 Å². The van der Waals surface area contributed by atoms with Gasteiger partial charge in [-0.3, -0.25) is 0 Å². The molecule has 3 aromatic carbocycles. The first-order valence-corrected chi connectivity index (χ1v) is 9.67. The number of benzene rings is 3. The summed E-state index contributed by atoms with van der Waals surface area (Å²) >= 11 is 6.06. The van der Waals surface area contributed by atoms with Crippen LogP contribution in [0.1, 0.15) is 5.56 Å². The predicted molar refractivity (Wildman–Crippen MR) is 116 cm³/mol. The van der Waals surface area contributed by atoms with Crippen LogP contribution in [0.15, 0.2) is 85.5 Å².